The van der Waals surface area contributed by atoms with E-state index >= 15 is 0 Å². The van der Waals surface area contributed by atoms with Crippen molar-refractivity contribution in [3.63, 3.8) is 0 Å². The maximum atomic E-state index is 6.13. The Kier molecular flexibility index (Phi) is 4.83. The summed E-state index contributed by atoms with van der Waals surface area (Å²) < 4.78 is 12.2. The second kappa shape index (κ2) is 7.21. The van der Waals surface area contributed by atoms with Gasteiger partial charge in [0, 0.05) is 48.8 Å². The van der Waals surface area contributed by atoms with Crippen LogP contribution in [0.2, 0.25) is 0 Å². The number of ether oxygens (including phenoxy) is 2. The fourth-order valence-corrected chi connectivity index (χ4v) is 4.75. The number of hydrogen-bond acceptors (Lipinski definition) is 5. The van der Waals surface area contributed by atoms with Gasteiger partial charge in [0.15, 0.2) is 0 Å². The molecule has 4 rings (SSSR count). The van der Waals surface area contributed by atoms with Crippen molar-refractivity contribution in [2.75, 3.05) is 26.3 Å². The molecule has 2 saturated heterocycles. The van der Waals surface area contributed by atoms with E-state index in [9.17, 15) is 0 Å². The van der Waals surface area contributed by atoms with Crippen molar-refractivity contribution in [1.82, 2.24) is 9.88 Å². The second-order valence-electron chi connectivity index (χ2n) is 6.86. The molecule has 24 heavy (non-hydrogen) atoms. The predicted molar refractivity (Wildman–Crippen MR) is 95.4 cm³/mol. The minimum Gasteiger partial charge on any atom is -0.477 e. The van der Waals surface area contributed by atoms with Gasteiger partial charge >= 0.3 is 0 Å². The lowest BCUT2D eigenvalue weighted by molar-refractivity contribution is -0.141. The topological polar surface area (TPSA) is 34.6 Å². The van der Waals surface area contributed by atoms with E-state index in [2.05, 4.69) is 27.4 Å². The summed E-state index contributed by atoms with van der Waals surface area (Å²) in [6, 6.07) is 10.2. The summed E-state index contributed by atoms with van der Waals surface area (Å²) in [6.07, 6.45) is 5.48. The molecule has 0 aromatic carbocycles. The lowest BCUT2D eigenvalue weighted by Crippen LogP contribution is -2.57. The molecule has 0 N–H and O–H groups in total. The Morgan fingerprint density at radius 2 is 2.33 bits per heavy atom. The summed E-state index contributed by atoms with van der Waals surface area (Å²) in [5, 5.41) is 2.16. The molecule has 2 atom stereocenters. The maximum absolute atomic E-state index is 6.13. The van der Waals surface area contributed by atoms with Gasteiger partial charge in [-0.3, -0.25) is 4.90 Å². The highest BCUT2D eigenvalue weighted by Crippen LogP contribution is 2.41. The molecule has 0 spiro atoms. The van der Waals surface area contributed by atoms with Crippen LogP contribution in [0.15, 0.2) is 41.9 Å². The lowest BCUT2D eigenvalue weighted by atomic mass is 9.73. The molecular formula is C19H24N2O2S. The molecule has 0 radical (unpaired) electrons. The van der Waals surface area contributed by atoms with Gasteiger partial charge in [-0.1, -0.05) is 12.1 Å². The molecule has 128 valence electrons. The van der Waals surface area contributed by atoms with E-state index in [0.29, 0.717) is 18.6 Å². The first-order valence-electron chi connectivity index (χ1n) is 8.74. The maximum Gasteiger partial charge on any atom is 0.213 e. The fraction of sp³-hybridized carbons (Fsp3) is 0.526. The third-order valence-corrected chi connectivity index (χ3v) is 6.03. The van der Waals surface area contributed by atoms with Crippen molar-refractivity contribution < 1.29 is 9.47 Å². The minimum atomic E-state index is 0.0886. The monoisotopic (exact) mass is 344 g/mol. The zero-order chi connectivity index (χ0) is 16.2. The average molecular weight is 344 g/mol. The quantitative estimate of drug-likeness (QED) is 0.830. The Morgan fingerprint density at radius 3 is 3.17 bits per heavy atom. The normalized spacial score (nSPS) is 27.6. The summed E-state index contributed by atoms with van der Waals surface area (Å²) in [6.45, 7) is 4.77. The van der Waals surface area contributed by atoms with Crippen LogP contribution in [0.1, 0.15) is 24.1 Å². The van der Waals surface area contributed by atoms with Gasteiger partial charge in [0.2, 0.25) is 5.88 Å². The van der Waals surface area contributed by atoms with Gasteiger partial charge in [0.05, 0.1) is 12.7 Å². The van der Waals surface area contributed by atoms with Crippen LogP contribution in [0.25, 0.3) is 0 Å². The van der Waals surface area contributed by atoms with E-state index in [0.717, 1.165) is 39.1 Å². The van der Waals surface area contributed by atoms with E-state index in [-0.39, 0.29) is 5.41 Å². The van der Waals surface area contributed by atoms with Gasteiger partial charge in [-0.2, -0.15) is 0 Å². The molecule has 0 aliphatic carbocycles. The van der Waals surface area contributed by atoms with Gasteiger partial charge in [-0.15, -0.1) is 11.3 Å². The molecule has 5 heteroatoms. The number of piperidine rings is 1. The van der Waals surface area contributed by atoms with Gasteiger partial charge in [0.25, 0.3) is 0 Å². The number of thiophene rings is 1. The van der Waals surface area contributed by atoms with E-state index in [1.165, 1.54) is 11.3 Å². The number of aromatic nitrogens is 1. The summed E-state index contributed by atoms with van der Waals surface area (Å²) in [7, 11) is 0. The summed E-state index contributed by atoms with van der Waals surface area (Å²) in [5.41, 5.74) is 0.0886. The molecule has 4 heterocycles. The molecule has 0 saturated carbocycles. The molecule has 2 aromatic rings. The van der Waals surface area contributed by atoms with Crippen LogP contribution in [-0.2, 0) is 11.3 Å². The van der Waals surface area contributed by atoms with Crippen LogP contribution in [-0.4, -0.2) is 42.3 Å². The standard InChI is InChI=1S/C19H24N2O2S/c1-2-9-20-18(6-1)23-15-19-8-4-11-22-17(19)7-10-21(14-19)13-16-5-3-12-24-16/h1-3,5-6,9,12,17H,4,7-8,10-11,13-15H2/t17-,19-/m1/s1. The van der Waals surface area contributed by atoms with Gasteiger partial charge in [0.1, 0.15) is 0 Å². The van der Waals surface area contributed by atoms with E-state index in [4.69, 9.17) is 9.47 Å². The molecule has 2 aromatic heterocycles. The Hall–Kier alpha value is -1.43. The number of nitrogens with zero attached hydrogens (tertiary/aromatic N) is 2. The second-order valence-corrected chi connectivity index (χ2v) is 7.89. The third-order valence-electron chi connectivity index (χ3n) is 5.17. The first-order chi connectivity index (χ1) is 11.8. The molecule has 0 unspecified atom stereocenters. The molecule has 2 aliphatic rings. The molecule has 0 bridgehead atoms. The first-order valence-corrected chi connectivity index (χ1v) is 9.62. The highest BCUT2D eigenvalue weighted by Gasteiger charge is 2.46. The predicted octanol–water partition coefficient (Wildman–Crippen LogP) is 3.59. The lowest BCUT2D eigenvalue weighted by Gasteiger charge is -2.50. The minimum absolute atomic E-state index is 0.0886. The number of hydrogen-bond donors (Lipinski definition) is 0. The van der Waals surface area contributed by atoms with E-state index in [1.54, 1.807) is 6.20 Å². The number of pyridine rings is 1. The molecule has 2 aliphatic heterocycles. The smallest absolute Gasteiger partial charge is 0.213 e. The van der Waals surface area contributed by atoms with Crippen molar-refractivity contribution in [2.45, 2.75) is 31.9 Å². The number of likely N-dealkylation sites (tertiary alicyclic amines) is 1. The molecule has 4 nitrogen and oxygen atoms in total. The van der Waals surface area contributed by atoms with E-state index in [1.807, 2.05) is 29.5 Å². The molecule has 2 fully saturated rings. The number of fused-ring (bicyclic) bond motifs is 1. The average Bonchev–Trinajstić information content (AvgIpc) is 3.14. The zero-order valence-electron chi connectivity index (χ0n) is 13.9. The van der Waals surface area contributed by atoms with Crippen molar-refractivity contribution in [3.8, 4) is 5.88 Å². The Labute approximate surface area is 147 Å². The largest absolute Gasteiger partial charge is 0.477 e. The van der Waals surface area contributed by atoms with Gasteiger partial charge < -0.3 is 9.47 Å². The van der Waals surface area contributed by atoms with Crippen molar-refractivity contribution in [3.05, 3.63) is 46.8 Å². The Morgan fingerprint density at radius 1 is 1.33 bits per heavy atom. The first kappa shape index (κ1) is 16.1. The third kappa shape index (κ3) is 3.48. The van der Waals surface area contributed by atoms with Crippen molar-refractivity contribution in [1.29, 1.82) is 0 Å². The summed E-state index contributed by atoms with van der Waals surface area (Å²) in [5.74, 6) is 0.714. The van der Waals surface area contributed by atoms with Gasteiger partial charge in [-0.25, -0.2) is 4.98 Å². The van der Waals surface area contributed by atoms with Crippen LogP contribution in [0.5, 0.6) is 5.88 Å². The molecular weight excluding hydrogens is 320 g/mol. The zero-order valence-corrected chi connectivity index (χ0v) is 14.7. The number of rotatable bonds is 5. The van der Waals surface area contributed by atoms with Crippen LogP contribution >= 0.6 is 11.3 Å². The summed E-state index contributed by atoms with van der Waals surface area (Å²) in [4.78, 5) is 8.31. The SMILES string of the molecule is c1ccc(OC[C@]23CCCO[C@@H]2CCN(Cc2cccs2)C3)nc1. The highest BCUT2D eigenvalue weighted by atomic mass is 32.1. The van der Waals surface area contributed by atoms with Crippen LogP contribution in [0.3, 0.4) is 0 Å². The van der Waals surface area contributed by atoms with Crippen LogP contribution in [0, 0.1) is 5.41 Å². The summed E-state index contributed by atoms with van der Waals surface area (Å²) >= 11 is 1.84. The van der Waals surface area contributed by atoms with E-state index < -0.39 is 0 Å². The Balaban J connectivity index is 1.47. The van der Waals surface area contributed by atoms with Crippen molar-refractivity contribution >= 4 is 11.3 Å². The van der Waals surface area contributed by atoms with Gasteiger partial charge in [-0.05, 0) is 36.8 Å². The van der Waals surface area contributed by atoms with Crippen LogP contribution < -0.4 is 4.74 Å². The van der Waals surface area contributed by atoms with Crippen molar-refractivity contribution in [2.24, 2.45) is 5.41 Å². The molecule has 0 amide bonds. The Bertz CT molecular complexity index is 634. The fourth-order valence-electron chi connectivity index (χ4n) is 4.00. The highest BCUT2D eigenvalue weighted by molar-refractivity contribution is 7.09. The van der Waals surface area contributed by atoms with Crippen LogP contribution in [0.4, 0.5) is 0 Å².